The first-order valence-electron chi connectivity index (χ1n) is 8.15. The summed E-state index contributed by atoms with van der Waals surface area (Å²) in [5, 5.41) is 14.7. The topological polar surface area (TPSA) is 72.7 Å². The first-order chi connectivity index (χ1) is 11.6. The molecule has 1 saturated carbocycles. The second-order valence-electron chi connectivity index (χ2n) is 5.96. The fourth-order valence-electron chi connectivity index (χ4n) is 2.80. The summed E-state index contributed by atoms with van der Waals surface area (Å²) in [5.41, 5.74) is 0.530. The Labute approximate surface area is 144 Å². The number of nitrogens with zero attached hydrogens (tertiary/aromatic N) is 4. The number of carbonyl (C=O) groups is 1. The lowest BCUT2D eigenvalue weighted by molar-refractivity contribution is -0.121. The maximum atomic E-state index is 13.4. The molecule has 0 spiro atoms. The zero-order valence-electron chi connectivity index (χ0n) is 13.5. The minimum atomic E-state index is -0.359. The molecule has 1 atom stereocenters. The van der Waals surface area contributed by atoms with E-state index in [1.807, 2.05) is 6.92 Å². The highest BCUT2D eigenvalue weighted by atomic mass is 32.2. The van der Waals surface area contributed by atoms with Gasteiger partial charge in [-0.3, -0.25) is 4.79 Å². The highest BCUT2D eigenvalue weighted by molar-refractivity contribution is 8.00. The largest absolute Gasteiger partial charge is 0.352 e. The van der Waals surface area contributed by atoms with E-state index >= 15 is 0 Å². The van der Waals surface area contributed by atoms with E-state index in [2.05, 4.69) is 20.8 Å². The molecule has 0 saturated heterocycles. The number of amides is 1. The zero-order valence-corrected chi connectivity index (χ0v) is 14.3. The van der Waals surface area contributed by atoms with E-state index in [0.29, 0.717) is 10.8 Å². The van der Waals surface area contributed by atoms with Crippen molar-refractivity contribution in [1.29, 1.82) is 0 Å². The van der Waals surface area contributed by atoms with Crippen LogP contribution in [-0.4, -0.2) is 37.4 Å². The average Bonchev–Trinajstić information content (AvgIpc) is 3.04. The molecule has 1 aromatic heterocycles. The van der Waals surface area contributed by atoms with Crippen LogP contribution in [0.25, 0.3) is 5.69 Å². The van der Waals surface area contributed by atoms with Crippen LogP contribution in [0.4, 0.5) is 4.39 Å². The van der Waals surface area contributed by atoms with Crippen LogP contribution in [0.3, 0.4) is 0 Å². The number of benzene rings is 1. The van der Waals surface area contributed by atoms with Crippen molar-refractivity contribution in [1.82, 2.24) is 25.5 Å². The summed E-state index contributed by atoms with van der Waals surface area (Å²) in [6.07, 6.45) is 5.68. The van der Waals surface area contributed by atoms with Gasteiger partial charge in [-0.05, 0) is 48.4 Å². The van der Waals surface area contributed by atoms with Crippen LogP contribution in [0, 0.1) is 5.82 Å². The lowest BCUT2D eigenvalue weighted by atomic mass is 9.95. The Morgan fingerprint density at radius 2 is 2.17 bits per heavy atom. The molecule has 0 aliphatic heterocycles. The molecule has 8 heteroatoms. The molecule has 1 N–H and O–H groups in total. The molecular weight excluding hydrogens is 329 g/mol. The number of carbonyl (C=O) groups excluding carboxylic acids is 1. The standard InChI is InChI=1S/C16H20FN5OS/c1-11(15(23)18-13-7-3-2-4-8-13)24-16-19-20-21-22(16)14-9-5-6-12(17)10-14/h5-6,9-11,13H,2-4,7-8H2,1H3,(H,18,23)/t11-/m0/s1. The van der Waals surface area contributed by atoms with E-state index in [0.717, 1.165) is 12.8 Å². The first kappa shape index (κ1) is 16.9. The Balaban J connectivity index is 1.65. The molecule has 1 amide bonds. The van der Waals surface area contributed by atoms with E-state index < -0.39 is 0 Å². The van der Waals surface area contributed by atoms with Gasteiger partial charge in [-0.15, -0.1) is 5.10 Å². The smallest absolute Gasteiger partial charge is 0.233 e. The van der Waals surface area contributed by atoms with Gasteiger partial charge < -0.3 is 5.32 Å². The van der Waals surface area contributed by atoms with Gasteiger partial charge in [0, 0.05) is 6.04 Å². The van der Waals surface area contributed by atoms with Crippen LogP contribution in [0.15, 0.2) is 29.4 Å². The average molecular weight is 349 g/mol. The summed E-state index contributed by atoms with van der Waals surface area (Å²) in [6.45, 7) is 1.83. The quantitative estimate of drug-likeness (QED) is 0.840. The molecule has 6 nitrogen and oxygen atoms in total. The number of aromatic nitrogens is 4. The van der Waals surface area contributed by atoms with Crippen LogP contribution in [0.5, 0.6) is 0 Å². The van der Waals surface area contributed by atoms with E-state index in [1.165, 1.54) is 47.8 Å². The van der Waals surface area contributed by atoms with Crippen molar-refractivity contribution in [2.24, 2.45) is 0 Å². The number of nitrogens with one attached hydrogen (secondary N) is 1. The van der Waals surface area contributed by atoms with Crippen LogP contribution in [0.2, 0.25) is 0 Å². The number of hydrogen-bond acceptors (Lipinski definition) is 5. The summed E-state index contributed by atoms with van der Waals surface area (Å²) in [4.78, 5) is 12.4. The van der Waals surface area contributed by atoms with Gasteiger partial charge in [-0.25, -0.2) is 4.39 Å². The minimum absolute atomic E-state index is 0.0132. The van der Waals surface area contributed by atoms with Crippen molar-refractivity contribution < 1.29 is 9.18 Å². The number of rotatable bonds is 5. The molecule has 0 radical (unpaired) electrons. The van der Waals surface area contributed by atoms with Crippen LogP contribution in [0.1, 0.15) is 39.0 Å². The van der Waals surface area contributed by atoms with Crippen LogP contribution >= 0.6 is 11.8 Å². The predicted octanol–water partition coefficient (Wildman–Crippen LogP) is 2.73. The summed E-state index contributed by atoms with van der Waals surface area (Å²) in [5.74, 6) is -0.372. The van der Waals surface area contributed by atoms with Crippen LogP contribution in [-0.2, 0) is 4.79 Å². The number of hydrogen-bond donors (Lipinski definition) is 1. The van der Waals surface area contributed by atoms with Crippen molar-refractivity contribution in [2.45, 2.75) is 55.5 Å². The van der Waals surface area contributed by atoms with E-state index in [1.54, 1.807) is 12.1 Å². The summed E-state index contributed by atoms with van der Waals surface area (Å²) in [7, 11) is 0. The third-order valence-electron chi connectivity index (χ3n) is 4.10. The maximum Gasteiger partial charge on any atom is 0.233 e. The molecule has 0 bridgehead atoms. The normalized spacial score (nSPS) is 16.8. The highest BCUT2D eigenvalue weighted by Gasteiger charge is 2.22. The highest BCUT2D eigenvalue weighted by Crippen LogP contribution is 2.24. The molecule has 1 aliphatic rings. The number of halogens is 1. The SMILES string of the molecule is C[C@H](Sc1nnnn1-c1cccc(F)c1)C(=O)NC1CCCCC1. The Kier molecular flexibility index (Phi) is 5.44. The van der Waals surface area contributed by atoms with Gasteiger partial charge in [0.05, 0.1) is 10.9 Å². The Bertz CT molecular complexity index is 701. The first-order valence-corrected chi connectivity index (χ1v) is 9.03. The summed E-state index contributed by atoms with van der Waals surface area (Å²) < 4.78 is 14.8. The second-order valence-corrected chi connectivity index (χ2v) is 7.26. The molecule has 3 rings (SSSR count). The molecule has 1 aliphatic carbocycles. The molecule has 1 aromatic carbocycles. The monoisotopic (exact) mass is 349 g/mol. The van der Waals surface area contributed by atoms with Crippen molar-refractivity contribution in [2.75, 3.05) is 0 Å². The third kappa shape index (κ3) is 4.11. The molecule has 1 fully saturated rings. The van der Waals surface area contributed by atoms with Crippen LogP contribution < -0.4 is 5.32 Å². The van der Waals surface area contributed by atoms with E-state index in [4.69, 9.17) is 0 Å². The fourth-order valence-corrected chi connectivity index (χ4v) is 3.62. The Morgan fingerprint density at radius 3 is 2.92 bits per heavy atom. The lowest BCUT2D eigenvalue weighted by Gasteiger charge is -2.24. The maximum absolute atomic E-state index is 13.4. The molecule has 24 heavy (non-hydrogen) atoms. The molecular formula is C16H20FN5OS. The van der Waals surface area contributed by atoms with Gasteiger partial charge in [-0.2, -0.15) is 4.68 Å². The van der Waals surface area contributed by atoms with E-state index in [9.17, 15) is 9.18 Å². The number of thioether (sulfide) groups is 1. The van der Waals surface area contributed by atoms with Gasteiger partial charge >= 0.3 is 0 Å². The van der Waals surface area contributed by atoms with Crippen molar-refractivity contribution >= 4 is 17.7 Å². The number of tetrazole rings is 1. The van der Waals surface area contributed by atoms with Gasteiger partial charge in [0.25, 0.3) is 0 Å². The molecule has 2 aromatic rings. The van der Waals surface area contributed by atoms with Gasteiger partial charge in [0.1, 0.15) is 5.82 Å². The molecule has 1 heterocycles. The van der Waals surface area contributed by atoms with Crippen molar-refractivity contribution in [3.8, 4) is 5.69 Å². The van der Waals surface area contributed by atoms with Gasteiger partial charge in [0.15, 0.2) is 0 Å². The Hall–Kier alpha value is -1.96. The minimum Gasteiger partial charge on any atom is -0.352 e. The summed E-state index contributed by atoms with van der Waals surface area (Å²) >= 11 is 1.27. The fraction of sp³-hybridized carbons (Fsp3) is 0.500. The second kappa shape index (κ2) is 7.74. The Morgan fingerprint density at radius 1 is 1.38 bits per heavy atom. The predicted molar refractivity (Wildman–Crippen MR) is 89.4 cm³/mol. The third-order valence-corrected chi connectivity index (χ3v) is 5.13. The van der Waals surface area contributed by atoms with Gasteiger partial charge in [0.2, 0.25) is 11.1 Å². The van der Waals surface area contributed by atoms with E-state index in [-0.39, 0.29) is 23.0 Å². The lowest BCUT2D eigenvalue weighted by Crippen LogP contribution is -2.40. The van der Waals surface area contributed by atoms with Gasteiger partial charge in [-0.1, -0.05) is 37.1 Å². The van der Waals surface area contributed by atoms with Crippen molar-refractivity contribution in [3.05, 3.63) is 30.1 Å². The molecule has 0 unspecified atom stereocenters. The zero-order chi connectivity index (χ0) is 16.9. The van der Waals surface area contributed by atoms with Crippen molar-refractivity contribution in [3.63, 3.8) is 0 Å². The molecule has 128 valence electrons. The summed E-state index contributed by atoms with van der Waals surface area (Å²) in [6, 6.07) is 6.30.